The highest BCUT2D eigenvalue weighted by atomic mass is 35.5. The van der Waals surface area contributed by atoms with Gasteiger partial charge in [0.1, 0.15) is 0 Å². The summed E-state index contributed by atoms with van der Waals surface area (Å²) < 4.78 is 1.81. The first-order chi connectivity index (χ1) is 7.70. The van der Waals surface area contributed by atoms with Crippen molar-refractivity contribution in [1.29, 1.82) is 0 Å². The number of hydrogen-bond donors (Lipinski definition) is 1. The van der Waals surface area contributed by atoms with Gasteiger partial charge in [0, 0.05) is 23.9 Å². The van der Waals surface area contributed by atoms with Crippen LogP contribution in [0.3, 0.4) is 0 Å². The fourth-order valence-corrected chi connectivity index (χ4v) is 1.75. The topological polar surface area (TPSA) is 46.9 Å². The normalized spacial score (nSPS) is 10.6. The van der Waals surface area contributed by atoms with E-state index in [9.17, 15) is 4.79 Å². The van der Waals surface area contributed by atoms with Crippen LogP contribution in [0.4, 0.5) is 0 Å². The molecule has 1 aromatic heterocycles. The number of nitrogens with one attached hydrogen (secondary N) is 1. The lowest BCUT2D eigenvalue weighted by Gasteiger charge is -2.02. The summed E-state index contributed by atoms with van der Waals surface area (Å²) in [6.07, 6.45) is 2.18. The molecule has 0 saturated heterocycles. The molecule has 0 aliphatic rings. The molecule has 0 fully saturated rings. The van der Waals surface area contributed by atoms with Crippen LogP contribution in [0.15, 0.2) is 24.4 Å². The number of fused-ring (bicyclic) bond motifs is 1. The number of carbonyl (C=O) groups excluding carboxylic acids is 1. The standard InChI is InChI=1S/C11H12ClN3O/c1-13-11(16)4-5-15-10-3-2-9(12)6-8(10)7-14-15/h2-3,6-7H,4-5H2,1H3,(H,13,16). The van der Waals surface area contributed by atoms with Crippen molar-refractivity contribution in [3.05, 3.63) is 29.4 Å². The van der Waals surface area contributed by atoms with Crippen LogP contribution in [0.2, 0.25) is 5.02 Å². The molecule has 1 aromatic carbocycles. The zero-order valence-corrected chi connectivity index (χ0v) is 9.66. The largest absolute Gasteiger partial charge is 0.359 e. The van der Waals surface area contributed by atoms with Crippen molar-refractivity contribution in [1.82, 2.24) is 15.1 Å². The first-order valence-electron chi connectivity index (χ1n) is 5.02. The summed E-state index contributed by atoms with van der Waals surface area (Å²) >= 11 is 5.88. The van der Waals surface area contributed by atoms with Gasteiger partial charge in [-0.1, -0.05) is 11.6 Å². The molecule has 1 N–H and O–H groups in total. The molecule has 0 bridgehead atoms. The molecular weight excluding hydrogens is 226 g/mol. The Morgan fingerprint density at radius 3 is 3.12 bits per heavy atom. The molecular formula is C11H12ClN3O. The number of amides is 1. The molecule has 0 unspecified atom stereocenters. The molecule has 0 aliphatic carbocycles. The summed E-state index contributed by atoms with van der Waals surface area (Å²) in [6, 6.07) is 5.59. The van der Waals surface area contributed by atoms with Crippen molar-refractivity contribution in [2.24, 2.45) is 0 Å². The molecule has 84 valence electrons. The van der Waals surface area contributed by atoms with E-state index in [2.05, 4.69) is 10.4 Å². The minimum Gasteiger partial charge on any atom is -0.359 e. The van der Waals surface area contributed by atoms with Crippen LogP contribution in [0, 0.1) is 0 Å². The van der Waals surface area contributed by atoms with Crippen molar-refractivity contribution in [2.45, 2.75) is 13.0 Å². The SMILES string of the molecule is CNC(=O)CCn1ncc2cc(Cl)ccc21. The van der Waals surface area contributed by atoms with Crippen molar-refractivity contribution in [3.8, 4) is 0 Å². The van der Waals surface area contributed by atoms with E-state index in [1.54, 1.807) is 17.9 Å². The molecule has 2 rings (SSSR count). The number of halogens is 1. The van der Waals surface area contributed by atoms with Crippen LogP contribution in [-0.4, -0.2) is 22.7 Å². The molecule has 5 heteroatoms. The molecule has 1 amide bonds. The highest BCUT2D eigenvalue weighted by Crippen LogP contribution is 2.18. The van der Waals surface area contributed by atoms with Gasteiger partial charge in [-0.15, -0.1) is 0 Å². The summed E-state index contributed by atoms with van der Waals surface area (Å²) in [7, 11) is 1.63. The first kappa shape index (κ1) is 11.0. The molecule has 0 radical (unpaired) electrons. The predicted molar refractivity (Wildman–Crippen MR) is 63.4 cm³/mol. The van der Waals surface area contributed by atoms with E-state index in [0.29, 0.717) is 18.0 Å². The zero-order valence-electron chi connectivity index (χ0n) is 8.90. The summed E-state index contributed by atoms with van der Waals surface area (Å²) in [6.45, 7) is 0.574. The molecule has 0 atom stereocenters. The molecule has 0 aliphatic heterocycles. The Morgan fingerprint density at radius 2 is 2.38 bits per heavy atom. The average Bonchev–Trinajstić information content (AvgIpc) is 2.68. The van der Waals surface area contributed by atoms with E-state index < -0.39 is 0 Å². The minimum absolute atomic E-state index is 0.0117. The number of carbonyl (C=O) groups is 1. The Hall–Kier alpha value is -1.55. The second-order valence-electron chi connectivity index (χ2n) is 3.49. The lowest BCUT2D eigenvalue weighted by atomic mass is 10.2. The molecule has 4 nitrogen and oxygen atoms in total. The van der Waals surface area contributed by atoms with E-state index in [0.717, 1.165) is 10.9 Å². The molecule has 2 aromatic rings. The van der Waals surface area contributed by atoms with E-state index in [4.69, 9.17) is 11.6 Å². The van der Waals surface area contributed by atoms with E-state index in [1.807, 2.05) is 18.2 Å². The van der Waals surface area contributed by atoms with Gasteiger partial charge < -0.3 is 5.32 Å². The Balaban J connectivity index is 2.22. The van der Waals surface area contributed by atoms with Crippen LogP contribution in [0.25, 0.3) is 10.9 Å². The third-order valence-corrected chi connectivity index (χ3v) is 2.67. The first-order valence-corrected chi connectivity index (χ1v) is 5.40. The summed E-state index contributed by atoms with van der Waals surface area (Å²) in [5, 5.41) is 8.49. The Kier molecular flexibility index (Phi) is 3.10. The Morgan fingerprint density at radius 1 is 1.56 bits per heavy atom. The van der Waals surface area contributed by atoms with Crippen molar-refractivity contribution < 1.29 is 4.79 Å². The quantitative estimate of drug-likeness (QED) is 0.885. The van der Waals surface area contributed by atoms with Gasteiger partial charge in [0.2, 0.25) is 5.91 Å². The van der Waals surface area contributed by atoms with Crippen molar-refractivity contribution in [3.63, 3.8) is 0 Å². The second-order valence-corrected chi connectivity index (χ2v) is 3.93. The number of rotatable bonds is 3. The maximum atomic E-state index is 11.1. The monoisotopic (exact) mass is 237 g/mol. The summed E-state index contributed by atoms with van der Waals surface area (Å²) in [5.74, 6) is 0.0117. The van der Waals surface area contributed by atoms with Gasteiger partial charge in [-0.3, -0.25) is 9.48 Å². The highest BCUT2D eigenvalue weighted by molar-refractivity contribution is 6.31. The zero-order chi connectivity index (χ0) is 11.5. The van der Waals surface area contributed by atoms with Crippen LogP contribution in [-0.2, 0) is 11.3 Å². The Bertz CT molecular complexity index is 521. The highest BCUT2D eigenvalue weighted by Gasteiger charge is 2.04. The van der Waals surface area contributed by atoms with Gasteiger partial charge in [-0.25, -0.2) is 0 Å². The lowest BCUT2D eigenvalue weighted by Crippen LogP contribution is -2.19. The summed E-state index contributed by atoms with van der Waals surface area (Å²) in [4.78, 5) is 11.1. The van der Waals surface area contributed by atoms with E-state index >= 15 is 0 Å². The minimum atomic E-state index is 0.0117. The maximum absolute atomic E-state index is 11.1. The molecule has 16 heavy (non-hydrogen) atoms. The van der Waals surface area contributed by atoms with Gasteiger partial charge in [0.15, 0.2) is 0 Å². The fraction of sp³-hybridized carbons (Fsp3) is 0.273. The number of hydrogen-bond acceptors (Lipinski definition) is 2. The van der Waals surface area contributed by atoms with E-state index in [-0.39, 0.29) is 5.91 Å². The van der Waals surface area contributed by atoms with Crippen molar-refractivity contribution >= 4 is 28.4 Å². The fourth-order valence-electron chi connectivity index (χ4n) is 1.57. The third-order valence-electron chi connectivity index (χ3n) is 2.43. The molecule has 0 spiro atoms. The number of aromatic nitrogens is 2. The molecule has 0 saturated carbocycles. The predicted octanol–water partition coefficient (Wildman–Crippen LogP) is 1.83. The van der Waals surface area contributed by atoms with Crippen LogP contribution >= 0.6 is 11.6 Å². The van der Waals surface area contributed by atoms with Gasteiger partial charge in [0.25, 0.3) is 0 Å². The van der Waals surface area contributed by atoms with E-state index in [1.165, 1.54) is 0 Å². The number of benzene rings is 1. The lowest BCUT2D eigenvalue weighted by molar-refractivity contribution is -0.120. The summed E-state index contributed by atoms with van der Waals surface area (Å²) in [5.41, 5.74) is 0.994. The van der Waals surface area contributed by atoms with Gasteiger partial charge in [-0.05, 0) is 18.2 Å². The maximum Gasteiger partial charge on any atom is 0.221 e. The van der Waals surface area contributed by atoms with Gasteiger partial charge in [-0.2, -0.15) is 5.10 Å². The average molecular weight is 238 g/mol. The van der Waals surface area contributed by atoms with Crippen molar-refractivity contribution in [2.75, 3.05) is 7.05 Å². The van der Waals surface area contributed by atoms with Crippen LogP contribution < -0.4 is 5.32 Å². The second kappa shape index (κ2) is 4.53. The van der Waals surface area contributed by atoms with Gasteiger partial charge in [0.05, 0.1) is 18.3 Å². The number of nitrogens with zero attached hydrogens (tertiary/aromatic N) is 2. The smallest absolute Gasteiger partial charge is 0.221 e. The van der Waals surface area contributed by atoms with Gasteiger partial charge >= 0.3 is 0 Å². The van der Waals surface area contributed by atoms with Crippen LogP contribution in [0.5, 0.6) is 0 Å². The third kappa shape index (κ3) is 2.17. The Labute approximate surface area is 98.2 Å². The van der Waals surface area contributed by atoms with Crippen LogP contribution in [0.1, 0.15) is 6.42 Å². The number of aryl methyl sites for hydroxylation is 1. The molecule has 1 heterocycles.